The van der Waals surface area contributed by atoms with Gasteiger partial charge in [-0.15, -0.1) is 12.4 Å². The SMILES string of the molecule is CCC(C)(C)C(=O)NCCCN1CCNCC1.Cl. The maximum atomic E-state index is 11.8. The molecule has 1 amide bonds. The van der Waals surface area contributed by atoms with Gasteiger partial charge in [0.1, 0.15) is 0 Å². The second-order valence-electron chi connectivity index (χ2n) is 5.44. The summed E-state index contributed by atoms with van der Waals surface area (Å²) >= 11 is 0. The fourth-order valence-electron chi connectivity index (χ4n) is 1.84. The van der Waals surface area contributed by atoms with E-state index in [1.54, 1.807) is 0 Å². The summed E-state index contributed by atoms with van der Waals surface area (Å²) in [5, 5.41) is 6.37. The fraction of sp³-hybridized carbons (Fsp3) is 0.923. The van der Waals surface area contributed by atoms with Gasteiger partial charge in [0.2, 0.25) is 5.91 Å². The molecule has 1 aliphatic rings. The standard InChI is InChI=1S/C13H27N3O.ClH/c1-4-13(2,3)12(17)15-6-5-9-16-10-7-14-8-11-16;/h14H,4-11H2,1-3H3,(H,15,17);1H. The number of nitrogens with zero attached hydrogens (tertiary/aromatic N) is 1. The van der Waals surface area contributed by atoms with Gasteiger partial charge in [-0.2, -0.15) is 0 Å². The first-order chi connectivity index (χ1) is 8.06. The van der Waals surface area contributed by atoms with Crippen molar-refractivity contribution in [3.63, 3.8) is 0 Å². The number of halogens is 1. The first-order valence-corrected chi connectivity index (χ1v) is 6.77. The largest absolute Gasteiger partial charge is 0.356 e. The molecule has 5 heteroatoms. The topological polar surface area (TPSA) is 44.4 Å². The van der Waals surface area contributed by atoms with Crippen molar-refractivity contribution < 1.29 is 4.79 Å². The van der Waals surface area contributed by atoms with Gasteiger partial charge in [0.15, 0.2) is 0 Å². The third kappa shape index (κ3) is 6.03. The minimum absolute atomic E-state index is 0. The average molecular weight is 278 g/mol. The Morgan fingerprint density at radius 2 is 1.94 bits per heavy atom. The summed E-state index contributed by atoms with van der Waals surface area (Å²) in [5.74, 6) is 0.181. The van der Waals surface area contributed by atoms with Crippen LogP contribution in [0.15, 0.2) is 0 Å². The Bertz CT molecular complexity index is 240. The molecule has 1 fully saturated rings. The molecule has 1 rings (SSSR count). The lowest BCUT2D eigenvalue weighted by molar-refractivity contribution is -0.129. The molecular formula is C13H28ClN3O. The highest BCUT2D eigenvalue weighted by Crippen LogP contribution is 2.19. The molecule has 0 bridgehead atoms. The predicted molar refractivity (Wildman–Crippen MR) is 78.3 cm³/mol. The van der Waals surface area contributed by atoms with Crippen molar-refractivity contribution in [3.8, 4) is 0 Å². The molecule has 0 aliphatic carbocycles. The molecule has 1 aliphatic heterocycles. The van der Waals surface area contributed by atoms with Crippen molar-refractivity contribution in [1.82, 2.24) is 15.5 Å². The van der Waals surface area contributed by atoms with Crippen LogP contribution in [-0.4, -0.2) is 50.1 Å². The maximum absolute atomic E-state index is 11.8. The first kappa shape index (κ1) is 17.7. The Morgan fingerprint density at radius 1 is 1.33 bits per heavy atom. The van der Waals surface area contributed by atoms with Gasteiger partial charge < -0.3 is 15.5 Å². The zero-order valence-corrected chi connectivity index (χ0v) is 12.7. The van der Waals surface area contributed by atoms with Gasteiger partial charge >= 0.3 is 0 Å². The highest BCUT2D eigenvalue weighted by molar-refractivity contribution is 5.85. The number of piperazine rings is 1. The quantitative estimate of drug-likeness (QED) is 0.719. The molecule has 0 aromatic heterocycles. The fourth-order valence-corrected chi connectivity index (χ4v) is 1.84. The summed E-state index contributed by atoms with van der Waals surface area (Å²) in [6, 6.07) is 0. The number of rotatable bonds is 6. The predicted octanol–water partition coefficient (Wildman–Crippen LogP) is 1.26. The molecule has 18 heavy (non-hydrogen) atoms. The molecule has 1 heterocycles. The highest BCUT2D eigenvalue weighted by atomic mass is 35.5. The minimum Gasteiger partial charge on any atom is -0.356 e. The molecule has 0 aromatic carbocycles. The lowest BCUT2D eigenvalue weighted by Gasteiger charge is -2.27. The zero-order chi connectivity index (χ0) is 12.7. The molecule has 0 spiro atoms. The van der Waals surface area contributed by atoms with E-state index in [1.165, 1.54) is 0 Å². The van der Waals surface area contributed by atoms with Gasteiger partial charge in [0, 0.05) is 38.1 Å². The van der Waals surface area contributed by atoms with Crippen molar-refractivity contribution in [3.05, 3.63) is 0 Å². The molecule has 2 N–H and O–H groups in total. The van der Waals surface area contributed by atoms with Crippen molar-refractivity contribution in [2.24, 2.45) is 5.41 Å². The van der Waals surface area contributed by atoms with Crippen molar-refractivity contribution in [2.45, 2.75) is 33.6 Å². The number of nitrogens with one attached hydrogen (secondary N) is 2. The summed E-state index contributed by atoms with van der Waals surface area (Å²) < 4.78 is 0. The lowest BCUT2D eigenvalue weighted by Crippen LogP contribution is -2.44. The van der Waals surface area contributed by atoms with E-state index in [2.05, 4.69) is 22.5 Å². The Balaban J connectivity index is 0.00000289. The molecule has 0 atom stereocenters. The van der Waals surface area contributed by atoms with Gasteiger partial charge in [-0.25, -0.2) is 0 Å². The third-order valence-corrected chi connectivity index (χ3v) is 3.64. The van der Waals surface area contributed by atoms with Crippen LogP contribution >= 0.6 is 12.4 Å². The zero-order valence-electron chi connectivity index (χ0n) is 11.9. The van der Waals surface area contributed by atoms with E-state index in [0.29, 0.717) is 0 Å². The summed E-state index contributed by atoms with van der Waals surface area (Å²) in [5.41, 5.74) is -0.227. The van der Waals surface area contributed by atoms with Crippen LogP contribution in [0.4, 0.5) is 0 Å². The highest BCUT2D eigenvalue weighted by Gasteiger charge is 2.24. The molecule has 0 unspecified atom stereocenters. The van der Waals surface area contributed by atoms with Crippen LogP contribution in [-0.2, 0) is 4.79 Å². The van der Waals surface area contributed by atoms with Gasteiger partial charge in [-0.3, -0.25) is 4.79 Å². The number of carbonyl (C=O) groups is 1. The summed E-state index contributed by atoms with van der Waals surface area (Å²) in [6.07, 6.45) is 1.93. The van der Waals surface area contributed by atoms with Crippen molar-refractivity contribution in [2.75, 3.05) is 39.3 Å². The van der Waals surface area contributed by atoms with Crippen LogP contribution in [0.1, 0.15) is 33.6 Å². The molecule has 108 valence electrons. The molecule has 0 aromatic rings. The average Bonchev–Trinajstić information content (AvgIpc) is 2.35. The van der Waals surface area contributed by atoms with Gasteiger partial charge in [0.05, 0.1) is 0 Å². The molecule has 0 radical (unpaired) electrons. The summed E-state index contributed by atoms with van der Waals surface area (Å²) in [6.45, 7) is 12.4. The molecular weight excluding hydrogens is 250 g/mol. The summed E-state index contributed by atoms with van der Waals surface area (Å²) in [7, 11) is 0. The van der Waals surface area contributed by atoms with E-state index >= 15 is 0 Å². The number of hydrogen-bond donors (Lipinski definition) is 2. The Kier molecular flexibility index (Phi) is 8.57. The number of carbonyl (C=O) groups excluding carboxylic acids is 1. The van der Waals surface area contributed by atoms with E-state index in [0.717, 1.165) is 52.1 Å². The van der Waals surface area contributed by atoms with Crippen molar-refractivity contribution >= 4 is 18.3 Å². The van der Waals surface area contributed by atoms with Crippen molar-refractivity contribution in [1.29, 1.82) is 0 Å². The lowest BCUT2D eigenvalue weighted by atomic mass is 9.89. The second kappa shape index (κ2) is 8.73. The number of amides is 1. The smallest absolute Gasteiger partial charge is 0.225 e. The first-order valence-electron chi connectivity index (χ1n) is 6.77. The Labute approximate surface area is 117 Å². The maximum Gasteiger partial charge on any atom is 0.225 e. The van der Waals surface area contributed by atoms with Gasteiger partial charge in [-0.05, 0) is 19.4 Å². The molecule has 1 saturated heterocycles. The van der Waals surface area contributed by atoms with Crippen LogP contribution in [0.5, 0.6) is 0 Å². The van der Waals surface area contributed by atoms with Crippen LogP contribution in [0.2, 0.25) is 0 Å². The van der Waals surface area contributed by atoms with Crippen LogP contribution in [0, 0.1) is 5.41 Å². The van der Waals surface area contributed by atoms with E-state index in [4.69, 9.17) is 0 Å². The van der Waals surface area contributed by atoms with Crippen LogP contribution < -0.4 is 10.6 Å². The Hall–Kier alpha value is -0.320. The normalized spacial score (nSPS) is 17.1. The van der Waals surface area contributed by atoms with Crippen LogP contribution in [0.25, 0.3) is 0 Å². The number of hydrogen-bond acceptors (Lipinski definition) is 3. The molecule has 4 nitrogen and oxygen atoms in total. The van der Waals surface area contributed by atoms with E-state index in [1.807, 2.05) is 13.8 Å². The summed E-state index contributed by atoms with van der Waals surface area (Å²) in [4.78, 5) is 14.3. The van der Waals surface area contributed by atoms with Crippen LogP contribution in [0.3, 0.4) is 0 Å². The van der Waals surface area contributed by atoms with Gasteiger partial charge in [-0.1, -0.05) is 20.8 Å². The minimum atomic E-state index is -0.227. The van der Waals surface area contributed by atoms with E-state index < -0.39 is 0 Å². The van der Waals surface area contributed by atoms with Gasteiger partial charge in [0.25, 0.3) is 0 Å². The van der Waals surface area contributed by atoms with E-state index in [9.17, 15) is 4.79 Å². The monoisotopic (exact) mass is 277 g/mol. The Morgan fingerprint density at radius 3 is 2.50 bits per heavy atom. The van der Waals surface area contributed by atoms with E-state index in [-0.39, 0.29) is 23.7 Å². The second-order valence-corrected chi connectivity index (χ2v) is 5.44. The third-order valence-electron chi connectivity index (χ3n) is 3.64. The molecule has 0 saturated carbocycles.